The third kappa shape index (κ3) is 5.13. The first kappa shape index (κ1) is 35.5. The van der Waals surface area contributed by atoms with Crippen molar-refractivity contribution in [3.8, 4) is 50.2 Å². The molecule has 0 atom stereocenters. The van der Waals surface area contributed by atoms with Crippen molar-refractivity contribution >= 4 is 38.9 Å². The molecule has 294 valence electrons. The molecule has 0 saturated heterocycles. The van der Waals surface area contributed by atoms with Gasteiger partial charge in [-0.15, -0.1) is 0 Å². The monoisotopic (exact) mass is 800 g/mol. The lowest BCUT2D eigenvalue weighted by molar-refractivity contribution is 0.775. The Labute approximate surface area is 367 Å². The Kier molecular flexibility index (Phi) is 7.85. The SMILES string of the molecule is c1ccc(-c2ccc(N(c3ccc4c(c3)c3ccccc3n4-c3ccccc3)c3cccc4c3-c3ccccc3C43c4ccccc4-c4ccccc4-c4ccccc43)cc2)cc1. The molecular formula is C61H40N2. The maximum atomic E-state index is 2.50. The molecule has 1 aromatic heterocycles. The van der Waals surface area contributed by atoms with Crippen LogP contribution in [0.5, 0.6) is 0 Å². The number of fused-ring (bicyclic) bond motifs is 15. The van der Waals surface area contributed by atoms with Crippen LogP contribution in [0.25, 0.3) is 72.0 Å². The van der Waals surface area contributed by atoms with E-state index in [2.05, 4.69) is 252 Å². The zero-order valence-electron chi connectivity index (χ0n) is 34.5. The Morgan fingerprint density at radius 2 is 0.810 bits per heavy atom. The van der Waals surface area contributed by atoms with E-state index >= 15 is 0 Å². The summed E-state index contributed by atoms with van der Waals surface area (Å²) in [5.74, 6) is 0. The van der Waals surface area contributed by atoms with E-state index in [1.807, 2.05) is 0 Å². The minimum Gasteiger partial charge on any atom is -0.310 e. The smallest absolute Gasteiger partial charge is 0.0726 e. The topological polar surface area (TPSA) is 8.17 Å². The highest BCUT2D eigenvalue weighted by Crippen LogP contribution is 2.63. The summed E-state index contributed by atoms with van der Waals surface area (Å²) < 4.78 is 2.40. The molecule has 0 radical (unpaired) electrons. The van der Waals surface area contributed by atoms with Gasteiger partial charge in [-0.2, -0.15) is 0 Å². The van der Waals surface area contributed by atoms with Crippen LogP contribution in [0.1, 0.15) is 22.3 Å². The van der Waals surface area contributed by atoms with Crippen molar-refractivity contribution in [2.24, 2.45) is 0 Å². The number of aromatic nitrogens is 1. The van der Waals surface area contributed by atoms with Gasteiger partial charge in [0.2, 0.25) is 0 Å². The van der Waals surface area contributed by atoms with Crippen LogP contribution in [-0.2, 0) is 5.41 Å². The highest BCUT2D eigenvalue weighted by atomic mass is 15.1. The summed E-state index contributed by atoms with van der Waals surface area (Å²) in [6.07, 6.45) is 0. The molecule has 0 aliphatic heterocycles. The Morgan fingerprint density at radius 3 is 1.49 bits per heavy atom. The van der Waals surface area contributed by atoms with Crippen LogP contribution in [0, 0.1) is 0 Å². The quantitative estimate of drug-likeness (QED) is 0.168. The molecular weight excluding hydrogens is 761 g/mol. The zero-order valence-corrected chi connectivity index (χ0v) is 34.5. The average Bonchev–Trinajstić information content (AvgIpc) is 3.82. The third-order valence-electron chi connectivity index (χ3n) is 13.6. The summed E-state index contributed by atoms with van der Waals surface area (Å²) in [6.45, 7) is 0. The number of hydrogen-bond acceptors (Lipinski definition) is 1. The van der Waals surface area contributed by atoms with Gasteiger partial charge in [0.25, 0.3) is 0 Å². The van der Waals surface area contributed by atoms with E-state index in [9.17, 15) is 0 Å². The van der Waals surface area contributed by atoms with E-state index in [1.165, 1.54) is 88.6 Å². The molecule has 10 aromatic carbocycles. The minimum absolute atomic E-state index is 0.579. The minimum atomic E-state index is -0.579. The molecule has 63 heavy (non-hydrogen) atoms. The fourth-order valence-corrected chi connectivity index (χ4v) is 11.1. The van der Waals surface area contributed by atoms with Crippen molar-refractivity contribution in [3.05, 3.63) is 265 Å². The molecule has 13 rings (SSSR count). The van der Waals surface area contributed by atoms with Gasteiger partial charge in [0.15, 0.2) is 0 Å². The lowest BCUT2D eigenvalue weighted by Crippen LogP contribution is -2.29. The largest absolute Gasteiger partial charge is 0.310 e. The summed E-state index contributed by atoms with van der Waals surface area (Å²) >= 11 is 0. The molecule has 0 bridgehead atoms. The van der Waals surface area contributed by atoms with Crippen LogP contribution in [0.2, 0.25) is 0 Å². The van der Waals surface area contributed by atoms with E-state index in [4.69, 9.17) is 0 Å². The summed E-state index contributed by atoms with van der Waals surface area (Å²) in [5.41, 5.74) is 21.5. The van der Waals surface area contributed by atoms with Crippen molar-refractivity contribution < 1.29 is 0 Å². The molecule has 1 spiro atoms. The molecule has 0 N–H and O–H groups in total. The highest BCUT2D eigenvalue weighted by Gasteiger charge is 2.50. The summed E-state index contributed by atoms with van der Waals surface area (Å²) in [7, 11) is 0. The summed E-state index contributed by atoms with van der Waals surface area (Å²) in [5, 5.41) is 2.44. The van der Waals surface area contributed by atoms with Crippen molar-refractivity contribution in [1.29, 1.82) is 0 Å². The Bertz CT molecular complexity index is 3490. The Balaban J connectivity index is 1.11. The Morgan fingerprint density at radius 1 is 0.317 bits per heavy atom. The fraction of sp³-hybridized carbons (Fsp3) is 0.0164. The van der Waals surface area contributed by atoms with Crippen LogP contribution >= 0.6 is 0 Å². The van der Waals surface area contributed by atoms with E-state index in [0.717, 1.165) is 22.7 Å². The van der Waals surface area contributed by atoms with Crippen molar-refractivity contribution in [2.45, 2.75) is 5.41 Å². The van der Waals surface area contributed by atoms with Crippen molar-refractivity contribution in [3.63, 3.8) is 0 Å². The number of para-hydroxylation sites is 2. The van der Waals surface area contributed by atoms with Crippen LogP contribution in [-0.4, -0.2) is 4.57 Å². The highest BCUT2D eigenvalue weighted by molar-refractivity contribution is 6.11. The van der Waals surface area contributed by atoms with Gasteiger partial charge in [-0.3, -0.25) is 0 Å². The molecule has 0 saturated carbocycles. The maximum Gasteiger partial charge on any atom is 0.0726 e. The second kappa shape index (κ2) is 13.9. The number of hydrogen-bond donors (Lipinski definition) is 0. The number of anilines is 3. The molecule has 2 nitrogen and oxygen atoms in total. The van der Waals surface area contributed by atoms with Crippen molar-refractivity contribution in [1.82, 2.24) is 4.57 Å². The molecule has 2 aliphatic rings. The van der Waals surface area contributed by atoms with Crippen LogP contribution in [0.15, 0.2) is 243 Å². The number of nitrogens with zero attached hydrogens (tertiary/aromatic N) is 2. The van der Waals surface area contributed by atoms with E-state index in [1.54, 1.807) is 0 Å². The lowest BCUT2D eigenvalue weighted by atomic mass is 9.66. The van der Waals surface area contributed by atoms with Crippen molar-refractivity contribution in [2.75, 3.05) is 4.90 Å². The first-order chi connectivity index (χ1) is 31.3. The molecule has 0 fully saturated rings. The molecule has 1 heterocycles. The van der Waals surface area contributed by atoms with E-state index < -0.39 is 5.41 Å². The zero-order chi connectivity index (χ0) is 41.5. The maximum absolute atomic E-state index is 2.50. The molecule has 11 aromatic rings. The van der Waals surface area contributed by atoms with Crippen LogP contribution < -0.4 is 4.90 Å². The second-order valence-corrected chi connectivity index (χ2v) is 16.8. The summed E-state index contributed by atoms with van der Waals surface area (Å²) in [4.78, 5) is 2.50. The van der Waals surface area contributed by atoms with Crippen LogP contribution in [0.4, 0.5) is 17.1 Å². The number of rotatable bonds is 5. The summed E-state index contributed by atoms with van der Waals surface area (Å²) in [6, 6.07) is 89.8. The lowest BCUT2D eigenvalue weighted by Gasteiger charge is -2.35. The predicted molar refractivity (Wildman–Crippen MR) is 263 cm³/mol. The fourth-order valence-electron chi connectivity index (χ4n) is 11.1. The first-order valence-corrected chi connectivity index (χ1v) is 21.9. The van der Waals surface area contributed by atoms with Gasteiger partial charge in [-0.25, -0.2) is 0 Å². The molecule has 0 unspecified atom stereocenters. The van der Waals surface area contributed by atoms with E-state index in [0.29, 0.717) is 0 Å². The van der Waals surface area contributed by atoms with Gasteiger partial charge in [0.05, 0.1) is 22.1 Å². The molecule has 2 heteroatoms. The van der Waals surface area contributed by atoms with Gasteiger partial charge in [0, 0.05) is 33.4 Å². The van der Waals surface area contributed by atoms with Gasteiger partial charge in [-0.1, -0.05) is 188 Å². The number of benzene rings is 10. The van der Waals surface area contributed by atoms with Gasteiger partial charge < -0.3 is 9.47 Å². The molecule has 0 amide bonds. The standard InChI is InChI=1S/C61H40N2/c1-3-18-41(19-4-1)42-34-36-44(37-35-42)62(45-38-39-58-52(40-45)50-26-12-16-32-57(50)63(58)43-20-5-2-6-21-43)59-33-17-31-56-60(59)51-27-11-15-30-55(51)61(56)53-28-13-9-24-48(53)46-22-7-8-23-47(46)49-25-10-14-29-54(49)61/h1-40H. The van der Waals surface area contributed by atoms with E-state index in [-0.39, 0.29) is 0 Å². The first-order valence-electron chi connectivity index (χ1n) is 21.9. The van der Waals surface area contributed by atoms with Crippen LogP contribution in [0.3, 0.4) is 0 Å². The normalized spacial score (nSPS) is 12.9. The van der Waals surface area contributed by atoms with Gasteiger partial charge in [-0.05, 0) is 116 Å². The van der Waals surface area contributed by atoms with Gasteiger partial charge in [0.1, 0.15) is 0 Å². The Hall–Kier alpha value is -8.20. The average molecular weight is 801 g/mol. The second-order valence-electron chi connectivity index (χ2n) is 16.8. The molecule has 2 aliphatic carbocycles. The van der Waals surface area contributed by atoms with Gasteiger partial charge >= 0.3 is 0 Å². The predicted octanol–water partition coefficient (Wildman–Crippen LogP) is 15.9. The third-order valence-corrected chi connectivity index (χ3v) is 13.6.